The summed E-state index contributed by atoms with van der Waals surface area (Å²) < 4.78 is 17.5. The summed E-state index contributed by atoms with van der Waals surface area (Å²) in [7, 11) is 0. The summed E-state index contributed by atoms with van der Waals surface area (Å²) in [4.78, 5) is 26.8. The Morgan fingerprint density at radius 1 is 0.328 bits per heavy atom. The molecule has 0 aromatic carbocycles. The van der Waals surface area contributed by atoms with E-state index in [-0.39, 0.29) is 21.7 Å². The van der Waals surface area contributed by atoms with Crippen LogP contribution in [0.25, 0.3) is 43.9 Å². The zero-order valence-electron chi connectivity index (χ0n) is 46.5. The lowest BCUT2D eigenvalue weighted by Gasteiger charge is -2.21. The lowest BCUT2D eigenvalue weighted by atomic mass is 9.87. The largest absolute Gasteiger partial charge is 0.461 e. The van der Waals surface area contributed by atoms with Crippen LogP contribution in [0, 0.1) is 104 Å². The summed E-state index contributed by atoms with van der Waals surface area (Å²) in [6.45, 7) is 57.4. The van der Waals surface area contributed by atoms with E-state index in [4.69, 9.17) is 28.2 Å². The second-order valence-electron chi connectivity index (χ2n) is 23.2. The molecule has 1 N–H and O–H groups in total. The van der Waals surface area contributed by atoms with E-state index in [0.29, 0.717) is 5.71 Å². The molecule has 0 fully saturated rings. The molecule has 9 nitrogen and oxygen atoms in total. The van der Waals surface area contributed by atoms with Gasteiger partial charge in [0.05, 0.1) is 33.7 Å². The Bertz CT molecular complexity index is 3050. The second-order valence-corrected chi connectivity index (χ2v) is 23.2. The Kier molecular flexibility index (Phi) is 14.4. The monoisotopic (exact) mass is 911 g/mol. The number of fused-ring (bicyclic) bond motifs is 4. The predicted molar refractivity (Wildman–Crippen MR) is 282 cm³/mol. The zero-order valence-corrected chi connectivity index (χ0v) is 46.5. The molecule has 0 saturated carbocycles. The van der Waals surface area contributed by atoms with E-state index in [1.54, 1.807) is 0 Å². The molecule has 0 saturated heterocycles. The van der Waals surface area contributed by atoms with Crippen LogP contribution in [0.4, 0.5) is 0 Å². The zero-order chi connectivity index (χ0) is 51.0. The third kappa shape index (κ3) is 10.3. The molecule has 9 heteroatoms. The maximum Gasteiger partial charge on any atom is 0.230 e. The smallest absolute Gasteiger partial charge is 0.230 e. The van der Waals surface area contributed by atoms with E-state index in [0.717, 1.165) is 84.9 Å². The van der Waals surface area contributed by atoms with Crippen molar-refractivity contribution in [3.05, 3.63) is 108 Å². The molecule has 0 atom stereocenters. The van der Waals surface area contributed by atoms with Gasteiger partial charge in [-0.05, 0) is 126 Å². The number of hydrogen-bond donors (Lipinski definition) is 1. The fourth-order valence-corrected chi connectivity index (χ4v) is 8.89. The molecule has 362 valence electrons. The summed E-state index contributed by atoms with van der Waals surface area (Å²) >= 11 is 0. The molecule has 8 aromatic rings. The number of pyridine rings is 3. The van der Waals surface area contributed by atoms with Crippen molar-refractivity contribution in [1.29, 1.82) is 0 Å². The van der Waals surface area contributed by atoms with Gasteiger partial charge in [0.25, 0.3) is 0 Å². The first kappa shape index (κ1) is 52.7. The first-order valence-corrected chi connectivity index (χ1v) is 24.0. The number of nitrogens with zero attached hydrogens (tertiary/aromatic N) is 5. The number of aryl methyl sites for hydroxylation is 15. The van der Waals surface area contributed by atoms with Gasteiger partial charge in [0, 0.05) is 77.3 Å². The average Bonchev–Trinajstić information content (AvgIpc) is 3.87. The summed E-state index contributed by atoms with van der Waals surface area (Å²) in [5.41, 5.74) is 21.8. The predicted octanol–water partition coefficient (Wildman–Crippen LogP) is 16.3. The molecule has 67 heavy (non-hydrogen) atoms. The lowest BCUT2D eigenvalue weighted by molar-refractivity contribution is 0.548. The number of H-pyrrole nitrogens is 1. The summed E-state index contributed by atoms with van der Waals surface area (Å²) in [6, 6.07) is 0. The lowest BCUT2D eigenvalue weighted by Crippen LogP contribution is -2.16. The summed E-state index contributed by atoms with van der Waals surface area (Å²) in [5.74, 6) is 3.70. The third-order valence-corrected chi connectivity index (χ3v) is 13.4. The van der Waals surface area contributed by atoms with Gasteiger partial charge >= 0.3 is 0 Å². The molecule has 8 rings (SSSR count). The molecular formula is C58H82N6O3. The highest BCUT2D eigenvalue weighted by atomic mass is 16.3. The number of aromatic amines is 1. The number of aromatic nitrogens is 6. The van der Waals surface area contributed by atoms with Gasteiger partial charge in [0.15, 0.2) is 0 Å². The van der Waals surface area contributed by atoms with Gasteiger partial charge in [-0.3, -0.25) is 15.0 Å². The minimum atomic E-state index is 0.00697. The molecule has 0 aliphatic carbocycles. The first-order chi connectivity index (χ1) is 30.5. The van der Waals surface area contributed by atoms with Gasteiger partial charge in [0.2, 0.25) is 5.71 Å². The van der Waals surface area contributed by atoms with Gasteiger partial charge in [0.1, 0.15) is 34.3 Å². The highest BCUT2D eigenvalue weighted by Crippen LogP contribution is 2.38. The molecule has 0 amide bonds. The quantitative estimate of drug-likeness (QED) is 0.160. The Morgan fingerprint density at radius 2 is 0.716 bits per heavy atom. The van der Waals surface area contributed by atoms with E-state index in [1.165, 1.54) is 60.9 Å². The van der Waals surface area contributed by atoms with Crippen LogP contribution in [0.1, 0.15) is 191 Å². The van der Waals surface area contributed by atoms with Crippen LogP contribution in [-0.2, 0) is 21.7 Å². The van der Waals surface area contributed by atoms with Gasteiger partial charge in [-0.2, -0.15) is 4.98 Å². The highest BCUT2D eigenvalue weighted by Gasteiger charge is 2.28. The van der Waals surface area contributed by atoms with Crippen molar-refractivity contribution in [3.63, 3.8) is 0 Å². The normalized spacial score (nSPS) is 12.4. The van der Waals surface area contributed by atoms with E-state index < -0.39 is 0 Å². The Morgan fingerprint density at radius 3 is 1.21 bits per heavy atom. The van der Waals surface area contributed by atoms with Crippen LogP contribution in [0.5, 0.6) is 0 Å². The first-order valence-electron chi connectivity index (χ1n) is 24.0. The van der Waals surface area contributed by atoms with Crippen molar-refractivity contribution in [2.75, 3.05) is 0 Å². The number of hydrogen-bond acceptors (Lipinski definition) is 8. The molecule has 0 aliphatic rings. The van der Waals surface area contributed by atoms with Gasteiger partial charge < -0.3 is 18.2 Å². The van der Waals surface area contributed by atoms with Crippen LogP contribution in [0.15, 0.2) is 13.3 Å². The Balaban J connectivity index is 0.000000167. The van der Waals surface area contributed by atoms with Gasteiger partial charge in [-0.25, -0.2) is 4.98 Å². The van der Waals surface area contributed by atoms with Crippen LogP contribution >= 0.6 is 0 Å². The molecule has 0 spiro atoms. The van der Waals surface area contributed by atoms with Crippen LogP contribution in [0.2, 0.25) is 0 Å². The van der Waals surface area contributed by atoms with Crippen LogP contribution in [0.3, 0.4) is 0 Å². The maximum absolute atomic E-state index is 5.91. The van der Waals surface area contributed by atoms with Crippen molar-refractivity contribution >= 4 is 43.9 Å². The van der Waals surface area contributed by atoms with E-state index in [1.807, 2.05) is 27.7 Å². The Labute approximate surface area is 401 Å². The van der Waals surface area contributed by atoms with E-state index in [9.17, 15) is 0 Å². The maximum atomic E-state index is 5.91. The fraction of sp³-hybridized carbons (Fsp3) is 0.534. The van der Waals surface area contributed by atoms with Crippen molar-refractivity contribution < 1.29 is 13.3 Å². The van der Waals surface area contributed by atoms with Crippen molar-refractivity contribution in [1.82, 2.24) is 29.9 Å². The number of rotatable bonds is 0. The molecule has 0 bridgehead atoms. The van der Waals surface area contributed by atoms with Crippen LogP contribution in [-0.4, -0.2) is 29.9 Å². The minimum absolute atomic E-state index is 0.00697. The molecule has 0 unspecified atom stereocenters. The van der Waals surface area contributed by atoms with Gasteiger partial charge in [-0.1, -0.05) is 83.1 Å². The van der Waals surface area contributed by atoms with Crippen molar-refractivity contribution in [2.24, 2.45) is 0 Å². The fourth-order valence-electron chi connectivity index (χ4n) is 8.89. The summed E-state index contributed by atoms with van der Waals surface area (Å²) in [6.07, 6.45) is 0. The molecule has 8 aromatic heterocycles. The van der Waals surface area contributed by atoms with Crippen LogP contribution < -0.4 is 0 Å². The number of furan rings is 3. The Hall–Kier alpha value is -5.31. The SMILES string of the molecule is Cc1nc(C(C)(C)C)c2c(C)c(C)[nH]c2c1C.Cc1nc(C(C)(C)C)c2c(C)c(C)oc2c1C.Cc1nc(C(C)(C)C)c2c(C)c(C)oc2n1.Cc1oc2c(C)c(C(C)(C)C)nc(C)c2c1C. The average molecular weight is 911 g/mol. The third-order valence-electron chi connectivity index (χ3n) is 13.4. The van der Waals surface area contributed by atoms with Crippen molar-refractivity contribution in [3.8, 4) is 0 Å². The summed E-state index contributed by atoms with van der Waals surface area (Å²) in [5, 5.41) is 4.79. The topological polar surface area (TPSA) is 120 Å². The van der Waals surface area contributed by atoms with Crippen molar-refractivity contribution in [2.45, 2.75) is 209 Å². The molecular weight excluding hydrogens is 829 g/mol. The highest BCUT2D eigenvalue weighted by molar-refractivity contribution is 5.91. The second kappa shape index (κ2) is 18.3. The number of nitrogens with one attached hydrogen (secondary N) is 1. The van der Waals surface area contributed by atoms with E-state index in [2.05, 4.69) is 174 Å². The standard InChI is InChI=1S/C15H22N2.2C15H21NO.C13H18N2O/c1-8-10(3)16-13-9(2)11(4)17-14(12(8)13)15(5,6)7;1-8-11(4)17-13-9(2)14(15(5,6)7)16-10(3)12(8)13;1-8-10(3)16-14(15(5,6)7)12-9(2)11(4)17-13(8)12;1-7-8(2)16-12-10(7)11(13(4,5)6)14-9(3)15-12/h16H,1-7H3;2*1-7H3;1-6H3. The molecule has 0 radical (unpaired) electrons. The molecule has 0 aliphatic heterocycles. The minimum Gasteiger partial charge on any atom is -0.461 e. The van der Waals surface area contributed by atoms with Gasteiger partial charge in [-0.15, -0.1) is 0 Å². The molecule has 8 heterocycles. The van der Waals surface area contributed by atoms with E-state index >= 15 is 0 Å².